The van der Waals surface area contributed by atoms with Crippen LogP contribution < -0.4 is 10.6 Å². The van der Waals surface area contributed by atoms with Crippen LogP contribution in [0.15, 0.2) is 60.7 Å². The van der Waals surface area contributed by atoms with E-state index >= 15 is 0 Å². The highest BCUT2D eigenvalue weighted by Gasteiger charge is 2.15. The molecular weight excluding hydrogens is 248 g/mol. The van der Waals surface area contributed by atoms with Gasteiger partial charge in [0, 0.05) is 12.1 Å². The molecule has 0 heterocycles. The maximum atomic E-state index is 12.4. The first-order chi connectivity index (χ1) is 9.81. The van der Waals surface area contributed by atoms with Crippen LogP contribution in [0.3, 0.4) is 0 Å². The van der Waals surface area contributed by atoms with E-state index in [1.165, 1.54) is 0 Å². The third-order valence-corrected chi connectivity index (χ3v) is 3.15. The Morgan fingerprint density at radius 1 is 0.950 bits per heavy atom. The highest BCUT2D eigenvalue weighted by atomic mass is 16.2. The molecule has 0 saturated carbocycles. The zero-order valence-electron chi connectivity index (χ0n) is 11.5. The molecule has 0 radical (unpaired) electrons. The summed E-state index contributed by atoms with van der Waals surface area (Å²) in [5.74, 6) is 0.116. The summed E-state index contributed by atoms with van der Waals surface area (Å²) in [6.45, 7) is 1.13. The van der Waals surface area contributed by atoms with Crippen LogP contribution in [-0.2, 0) is 11.3 Å². The van der Waals surface area contributed by atoms with Gasteiger partial charge in [0.2, 0.25) is 5.91 Å². The quantitative estimate of drug-likeness (QED) is 0.875. The first kappa shape index (κ1) is 14.3. The average Bonchev–Trinajstić information content (AvgIpc) is 2.52. The van der Waals surface area contributed by atoms with Crippen molar-refractivity contribution in [2.24, 2.45) is 5.73 Å². The van der Waals surface area contributed by atoms with Crippen LogP contribution in [0.25, 0.3) is 0 Å². The number of carbonyl (C=O) groups is 1. The first-order valence-electron chi connectivity index (χ1n) is 6.90. The van der Waals surface area contributed by atoms with Crippen LogP contribution in [0.2, 0.25) is 0 Å². The SMILES string of the molecule is NCCCC(=O)N(Cc1ccccc1)c1ccccc1. The van der Waals surface area contributed by atoms with Crippen LogP contribution in [-0.4, -0.2) is 12.5 Å². The van der Waals surface area contributed by atoms with Crippen LogP contribution in [0, 0.1) is 0 Å². The van der Waals surface area contributed by atoms with E-state index in [4.69, 9.17) is 5.73 Å². The zero-order valence-corrected chi connectivity index (χ0v) is 11.5. The summed E-state index contributed by atoms with van der Waals surface area (Å²) in [5.41, 5.74) is 7.55. The number of nitrogens with zero attached hydrogens (tertiary/aromatic N) is 1. The average molecular weight is 268 g/mol. The fourth-order valence-electron chi connectivity index (χ4n) is 2.09. The van der Waals surface area contributed by atoms with Crippen molar-refractivity contribution in [3.63, 3.8) is 0 Å². The molecule has 0 aliphatic heterocycles. The zero-order chi connectivity index (χ0) is 14.2. The smallest absolute Gasteiger partial charge is 0.227 e. The topological polar surface area (TPSA) is 46.3 Å². The molecule has 3 heteroatoms. The molecule has 2 aromatic carbocycles. The van der Waals surface area contributed by atoms with Crippen LogP contribution >= 0.6 is 0 Å². The monoisotopic (exact) mass is 268 g/mol. The number of benzene rings is 2. The molecule has 2 N–H and O–H groups in total. The van der Waals surface area contributed by atoms with Gasteiger partial charge in [-0.1, -0.05) is 48.5 Å². The molecule has 1 amide bonds. The summed E-state index contributed by atoms with van der Waals surface area (Å²) < 4.78 is 0. The van der Waals surface area contributed by atoms with Gasteiger partial charge in [0.05, 0.1) is 6.54 Å². The van der Waals surface area contributed by atoms with Gasteiger partial charge in [0.15, 0.2) is 0 Å². The summed E-state index contributed by atoms with van der Waals surface area (Å²) in [5, 5.41) is 0. The highest BCUT2D eigenvalue weighted by molar-refractivity contribution is 5.93. The second-order valence-electron chi connectivity index (χ2n) is 4.69. The second-order valence-corrected chi connectivity index (χ2v) is 4.69. The van der Waals surface area contributed by atoms with Crippen molar-refractivity contribution in [1.82, 2.24) is 0 Å². The minimum Gasteiger partial charge on any atom is -0.330 e. The minimum atomic E-state index is 0.116. The van der Waals surface area contributed by atoms with Crippen molar-refractivity contribution in [3.8, 4) is 0 Å². The number of amides is 1. The van der Waals surface area contributed by atoms with Crippen molar-refractivity contribution < 1.29 is 4.79 Å². The minimum absolute atomic E-state index is 0.116. The number of nitrogens with two attached hydrogens (primary N) is 1. The van der Waals surface area contributed by atoms with Crippen molar-refractivity contribution >= 4 is 11.6 Å². The number of anilines is 1. The van der Waals surface area contributed by atoms with E-state index in [-0.39, 0.29) is 5.91 Å². The molecule has 0 spiro atoms. The summed E-state index contributed by atoms with van der Waals surface area (Å²) in [7, 11) is 0. The van der Waals surface area contributed by atoms with Gasteiger partial charge >= 0.3 is 0 Å². The fraction of sp³-hybridized carbons (Fsp3) is 0.235. The summed E-state index contributed by atoms with van der Waals surface area (Å²) in [6, 6.07) is 19.8. The molecule has 0 aromatic heterocycles. The van der Waals surface area contributed by atoms with Crippen molar-refractivity contribution in [3.05, 3.63) is 66.2 Å². The van der Waals surface area contributed by atoms with Gasteiger partial charge < -0.3 is 10.6 Å². The molecule has 0 aliphatic carbocycles. The van der Waals surface area contributed by atoms with E-state index in [2.05, 4.69) is 0 Å². The summed E-state index contributed by atoms with van der Waals surface area (Å²) >= 11 is 0. The number of hydrogen-bond acceptors (Lipinski definition) is 2. The molecule has 2 rings (SSSR count). The molecule has 2 aromatic rings. The van der Waals surface area contributed by atoms with E-state index < -0.39 is 0 Å². The Morgan fingerprint density at radius 2 is 1.55 bits per heavy atom. The lowest BCUT2D eigenvalue weighted by Crippen LogP contribution is -2.30. The lowest BCUT2D eigenvalue weighted by Gasteiger charge is -2.23. The molecule has 0 aliphatic rings. The third kappa shape index (κ3) is 3.93. The highest BCUT2D eigenvalue weighted by Crippen LogP contribution is 2.18. The number of hydrogen-bond donors (Lipinski definition) is 1. The maximum Gasteiger partial charge on any atom is 0.227 e. The number of rotatable bonds is 6. The molecule has 20 heavy (non-hydrogen) atoms. The van der Waals surface area contributed by atoms with Gasteiger partial charge in [0.25, 0.3) is 0 Å². The molecule has 0 unspecified atom stereocenters. The Labute approximate surface area is 120 Å². The van der Waals surface area contributed by atoms with E-state index in [9.17, 15) is 4.79 Å². The normalized spacial score (nSPS) is 10.2. The Hall–Kier alpha value is -2.13. The fourth-order valence-corrected chi connectivity index (χ4v) is 2.09. The van der Waals surface area contributed by atoms with E-state index in [0.717, 1.165) is 17.7 Å². The van der Waals surface area contributed by atoms with Crippen LogP contribution in [0.4, 0.5) is 5.69 Å². The number of carbonyl (C=O) groups excluding carboxylic acids is 1. The molecule has 0 saturated heterocycles. The van der Waals surface area contributed by atoms with Gasteiger partial charge in [-0.15, -0.1) is 0 Å². The van der Waals surface area contributed by atoms with E-state index in [1.807, 2.05) is 65.6 Å². The molecule has 0 bridgehead atoms. The Morgan fingerprint density at radius 3 is 2.15 bits per heavy atom. The van der Waals surface area contributed by atoms with Crippen molar-refractivity contribution in [2.45, 2.75) is 19.4 Å². The summed E-state index contributed by atoms with van der Waals surface area (Å²) in [4.78, 5) is 14.2. The van der Waals surface area contributed by atoms with Crippen molar-refractivity contribution in [2.75, 3.05) is 11.4 Å². The lowest BCUT2D eigenvalue weighted by molar-refractivity contribution is -0.118. The van der Waals surface area contributed by atoms with E-state index in [1.54, 1.807) is 0 Å². The van der Waals surface area contributed by atoms with Crippen LogP contribution in [0.5, 0.6) is 0 Å². The predicted molar refractivity (Wildman–Crippen MR) is 82.4 cm³/mol. The standard InChI is InChI=1S/C17H20N2O/c18-13-7-12-17(20)19(16-10-5-2-6-11-16)14-15-8-3-1-4-9-15/h1-6,8-11H,7,12-14,18H2. The number of para-hydroxylation sites is 1. The van der Waals surface area contributed by atoms with Crippen molar-refractivity contribution in [1.29, 1.82) is 0 Å². The third-order valence-electron chi connectivity index (χ3n) is 3.15. The Bertz CT molecular complexity index is 525. The lowest BCUT2D eigenvalue weighted by atomic mass is 10.1. The molecule has 104 valence electrons. The molecular formula is C17H20N2O. The van der Waals surface area contributed by atoms with Gasteiger partial charge in [-0.3, -0.25) is 4.79 Å². The predicted octanol–water partition coefficient (Wildman–Crippen LogP) is 2.96. The van der Waals surface area contributed by atoms with E-state index in [0.29, 0.717) is 19.5 Å². The first-order valence-corrected chi connectivity index (χ1v) is 6.90. The molecule has 0 fully saturated rings. The van der Waals surface area contributed by atoms with Gasteiger partial charge in [-0.05, 0) is 30.7 Å². The largest absolute Gasteiger partial charge is 0.330 e. The van der Waals surface area contributed by atoms with Gasteiger partial charge in [-0.25, -0.2) is 0 Å². The summed E-state index contributed by atoms with van der Waals surface area (Å²) in [6.07, 6.45) is 1.20. The van der Waals surface area contributed by atoms with Gasteiger partial charge in [-0.2, -0.15) is 0 Å². The Kier molecular flexibility index (Phi) is 5.33. The maximum absolute atomic E-state index is 12.4. The van der Waals surface area contributed by atoms with Gasteiger partial charge in [0.1, 0.15) is 0 Å². The Balaban J connectivity index is 2.18. The molecule has 3 nitrogen and oxygen atoms in total. The van der Waals surface area contributed by atoms with Crippen LogP contribution in [0.1, 0.15) is 18.4 Å². The second kappa shape index (κ2) is 7.46. The molecule has 0 atom stereocenters.